The molecule has 0 radical (unpaired) electrons. The van der Waals surface area contributed by atoms with Crippen LogP contribution in [0.1, 0.15) is 30.9 Å². The Morgan fingerprint density at radius 3 is 2.88 bits per heavy atom. The molecular weight excluding hydrogens is 208 g/mol. The summed E-state index contributed by atoms with van der Waals surface area (Å²) in [6.45, 7) is 0.896. The second-order valence-corrected chi connectivity index (χ2v) is 4.00. The van der Waals surface area contributed by atoms with E-state index in [2.05, 4.69) is 5.32 Å². The van der Waals surface area contributed by atoms with Crippen molar-refractivity contribution in [3.63, 3.8) is 0 Å². The zero-order valence-corrected chi connectivity index (χ0v) is 8.85. The Bertz CT molecular complexity index is 400. The summed E-state index contributed by atoms with van der Waals surface area (Å²) in [7, 11) is 0. The predicted octanol–water partition coefficient (Wildman–Crippen LogP) is 2.11. The summed E-state index contributed by atoms with van der Waals surface area (Å²) in [6.07, 6.45) is 3.11. The number of nitrogens with one attached hydrogen (secondary N) is 1. The van der Waals surface area contributed by atoms with E-state index < -0.39 is 4.92 Å². The van der Waals surface area contributed by atoms with E-state index in [1.165, 1.54) is 18.2 Å². The fourth-order valence-corrected chi connectivity index (χ4v) is 2.05. The molecule has 1 aromatic carbocycles. The zero-order chi connectivity index (χ0) is 11.5. The molecule has 1 fully saturated rings. The number of piperidine rings is 1. The van der Waals surface area contributed by atoms with Gasteiger partial charge in [0.1, 0.15) is 5.75 Å². The van der Waals surface area contributed by atoms with Crippen LogP contribution in [0.4, 0.5) is 5.69 Å². The van der Waals surface area contributed by atoms with E-state index in [1.807, 2.05) is 0 Å². The minimum Gasteiger partial charge on any atom is -0.508 e. The van der Waals surface area contributed by atoms with Gasteiger partial charge in [0, 0.05) is 23.7 Å². The van der Waals surface area contributed by atoms with Crippen LogP contribution in [0, 0.1) is 10.1 Å². The first-order valence-electron chi connectivity index (χ1n) is 5.39. The molecule has 0 saturated carbocycles. The lowest BCUT2D eigenvalue weighted by Crippen LogP contribution is -2.26. The van der Waals surface area contributed by atoms with Gasteiger partial charge in [0.15, 0.2) is 0 Å². The molecule has 2 N–H and O–H groups in total. The summed E-state index contributed by atoms with van der Waals surface area (Å²) < 4.78 is 0. The highest BCUT2D eigenvalue weighted by molar-refractivity contribution is 5.44. The molecule has 1 aliphatic rings. The van der Waals surface area contributed by atoms with E-state index in [1.54, 1.807) is 0 Å². The number of benzene rings is 1. The number of rotatable bonds is 2. The van der Waals surface area contributed by atoms with Crippen molar-refractivity contribution in [3.8, 4) is 5.75 Å². The molecule has 1 heterocycles. The Hall–Kier alpha value is -1.62. The van der Waals surface area contributed by atoms with Crippen LogP contribution in [-0.4, -0.2) is 16.6 Å². The number of nitrogens with zero attached hydrogens (tertiary/aromatic N) is 1. The molecule has 0 unspecified atom stereocenters. The second kappa shape index (κ2) is 4.49. The van der Waals surface area contributed by atoms with Gasteiger partial charge in [-0.3, -0.25) is 10.1 Å². The van der Waals surface area contributed by atoms with Gasteiger partial charge in [0.05, 0.1) is 4.92 Å². The Morgan fingerprint density at radius 1 is 1.44 bits per heavy atom. The molecule has 1 atom stereocenters. The molecule has 1 saturated heterocycles. The van der Waals surface area contributed by atoms with Crippen molar-refractivity contribution in [2.24, 2.45) is 0 Å². The third kappa shape index (κ3) is 2.14. The summed E-state index contributed by atoms with van der Waals surface area (Å²) >= 11 is 0. The van der Waals surface area contributed by atoms with E-state index in [0.29, 0.717) is 5.56 Å². The van der Waals surface area contributed by atoms with Gasteiger partial charge in [-0.2, -0.15) is 0 Å². The van der Waals surface area contributed by atoms with Crippen LogP contribution in [0.15, 0.2) is 18.2 Å². The van der Waals surface area contributed by atoms with Crippen LogP contribution in [-0.2, 0) is 0 Å². The normalized spacial score (nSPS) is 20.6. The van der Waals surface area contributed by atoms with Crippen molar-refractivity contribution in [2.45, 2.75) is 25.3 Å². The summed E-state index contributed by atoms with van der Waals surface area (Å²) in [4.78, 5) is 10.2. The number of phenols is 1. The largest absolute Gasteiger partial charge is 0.508 e. The maximum atomic E-state index is 10.7. The average Bonchev–Trinajstić information content (AvgIpc) is 2.30. The van der Waals surface area contributed by atoms with E-state index in [-0.39, 0.29) is 17.5 Å². The molecule has 2 rings (SSSR count). The molecule has 5 heteroatoms. The van der Waals surface area contributed by atoms with Crippen LogP contribution in [0.2, 0.25) is 0 Å². The van der Waals surface area contributed by atoms with Crippen molar-refractivity contribution in [1.82, 2.24) is 5.32 Å². The number of hydrogen-bond donors (Lipinski definition) is 2. The molecule has 16 heavy (non-hydrogen) atoms. The maximum Gasteiger partial charge on any atom is 0.270 e. The van der Waals surface area contributed by atoms with Gasteiger partial charge in [0.25, 0.3) is 5.69 Å². The molecule has 86 valence electrons. The number of hydrogen-bond acceptors (Lipinski definition) is 4. The number of non-ortho nitro benzene ring substituents is 1. The van der Waals surface area contributed by atoms with Crippen molar-refractivity contribution < 1.29 is 10.0 Å². The highest BCUT2D eigenvalue weighted by atomic mass is 16.6. The second-order valence-electron chi connectivity index (χ2n) is 4.00. The standard InChI is InChI=1S/C11H14N2O3/c14-11-5-4-8(13(15)16)7-9(11)10-3-1-2-6-12-10/h4-5,7,10,12,14H,1-3,6H2/t10-/m1/s1. The van der Waals surface area contributed by atoms with Gasteiger partial charge in [0.2, 0.25) is 0 Å². The average molecular weight is 222 g/mol. The molecule has 5 nitrogen and oxygen atoms in total. The summed E-state index contributed by atoms with van der Waals surface area (Å²) in [5.41, 5.74) is 0.661. The van der Waals surface area contributed by atoms with Crippen LogP contribution in [0.25, 0.3) is 0 Å². The lowest BCUT2D eigenvalue weighted by atomic mass is 9.96. The number of aromatic hydroxyl groups is 1. The fraction of sp³-hybridized carbons (Fsp3) is 0.455. The minimum atomic E-state index is -0.439. The zero-order valence-electron chi connectivity index (χ0n) is 8.85. The van der Waals surface area contributed by atoms with E-state index >= 15 is 0 Å². The van der Waals surface area contributed by atoms with Crippen molar-refractivity contribution in [1.29, 1.82) is 0 Å². The predicted molar refractivity (Wildman–Crippen MR) is 59.4 cm³/mol. The quantitative estimate of drug-likeness (QED) is 0.593. The third-order valence-electron chi connectivity index (χ3n) is 2.91. The van der Waals surface area contributed by atoms with Gasteiger partial charge in [-0.25, -0.2) is 0 Å². The molecule has 0 aliphatic carbocycles. The van der Waals surface area contributed by atoms with E-state index in [4.69, 9.17) is 0 Å². The van der Waals surface area contributed by atoms with Gasteiger partial charge in [-0.05, 0) is 25.5 Å². The Balaban J connectivity index is 2.30. The van der Waals surface area contributed by atoms with Crippen molar-refractivity contribution in [2.75, 3.05) is 6.54 Å². The van der Waals surface area contributed by atoms with Crippen LogP contribution in [0.5, 0.6) is 5.75 Å². The van der Waals surface area contributed by atoms with Gasteiger partial charge < -0.3 is 10.4 Å². The van der Waals surface area contributed by atoms with Gasteiger partial charge in [-0.1, -0.05) is 6.42 Å². The Kier molecular flexibility index (Phi) is 3.05. The van der Waals surface area contributed by atoms with Crippen LogP contribution in [0.3, 0.4) is 0 Å². The third-order valence-corrected chi connectivity index (χ3v) is 2.91. The SMILES string of the molecule is O=[N+]([O-])c1ccc(O)c([C@H]2CCCCN2)c1. The molecular formula is C11H14N2O3. The summed E-state index contributed by atoms with van der Waals surface area (Å²) in [6, 6.07) is 4.21. The maximum absolute atomic E-state index is 10.7. The summed E-state index contributed by atoms with van der Waals surface area (Å²) in [5, 5.41) is 23.6. The highest BCUT2D eigenvalue weighted by Gasteiger charge is 2.20. The fourth-order valence-electron chi connectivity index (χ4n) is 2.05. The lowest BCUT2D eigenvalue weighted by molar-refractivity contribution is -0.385. The first kappa shape index (κ1) is 10.9. The topological polar surface area (TPSA) is 75.4 Å². The van der Waals surface area contributed by atoms with Gasteiger partial charge in [-0.15, -0.1) is 0 Å². The highest BCUT2D eigenvalue weighted by Crippen LogP contribution is 2.32. The monoisotopic (exact) mass is 222 g/mol. The Morgan fingerprint density at radius 2 is 2.25 bits per heavy atom. The van der Waals surface area contributed by atoms with E-state index in [9.17, 15) is 15.2 Å². The van der Waals surface area contributed by atoms with Crippen LogP contribution >= 0.6 is 0 Å². The number of nitro benzene ring substituents is 1. The smallest absolute Gasteiger partial charge is 0.270 e. The number of nitro groups is 1. The molecule has 0 amide bonds. The lowest BCUT2D eigenvalue weighted by Gasteiger charge is -2.24. The molecule has 0 bridgehead atoms. The molecule has 1 aliphatic heterocycles. The van der Waals surface area contributed by atoms with Crippen molar-refractivity contribution >= 4 is 5.69 Å². The molecule has 1 aromatic rings. The van der Waals surface area contributed by atoms with Crippen LogP contribution < -0.4 is 5.32 Å². The minimum absolute atomic E-state index is 0.0279. The summed E-state index contributed by atoms with van der Waals surface area (Å²) in [5.74, 6) is 0.130. The molecule has 0 spiro atoms. The Labute approximate surface area is 93.2 Å². The van der Waals surface area contributed by atoms with Crippen molar-refractivity contribution in [3.05, 3.63) is 33.9 Å². The first-order chi connectivity index (χ1) is 7.68. The van der Waals surface area contributed by atoms with Gasteiger partial charge >= 0.3 is 0 Å². The van der Waals surface area contributed by atoms with E-state index in [0.717, 1.165) is 25.8 Å². The number of phenolic OH excluding ortho intramolecular Hbond substituents is 1. The first-order valence-corrected chi connectivity index (χ1v) is 5.39. The molecule has 0 aromatic heterocycles.